The third-order valence-electron chi connectivity index (χ3n) is 5.40. The van der Waals surface area contributed by atoms with Gasteiger partial charge in [-0.05, 0) is 42.0 Å². The van der Waals surface area contributed by atoms with Gasteiger partial charge in [0.15, 0.2) is 0 Å². The Morgan fingerprint density at radius 1 is 1.08 bits per heavy atom. The second kappa shape index (κ2) is 10.5. The number of primary amides is 1. The van der Waals surface area contributed by atoms with E-state index in [1.54, 1.807) is 34.7 Å². The van der Waals surface area contributed by atoms with E-state index in [-0.39, 0.29) is 19.1 Å². The number of nitrogens with one attached hydrogen (secondary N) is 1. The molecule has 0 saturated heterocycles. The number of nitrogens with two attached hydrogens (primary N) is 2. The smallest absolute Gasteiger partial charge is 0.275 e. The minimum absolute atomic E-state index is 0.149. The van der Waals surface area contributed by atoms with Crippen molar-refractivity contribution in [3.63, 3.8) is 0 Å². The molecule has 4 aromatic heterocycles. The Morgan fingerprint density at radius 2 is 1.89 bits per heavy atom. The largest absolute Gasteiger partial charge is 0.384 e. The first-order valence-corrected chi connectivity index (χ1v) is 12.1. The van der Waals surface area contributed by atoms with Crippen LogP contribution in [0.5, 0.6) is 0 Å². The Labute approximate surface area is 215 Å². The maximum Gasteiger partial charge on any atom is 0.275 e. The Kier molecular flexibility index (Phi) is 6.83. The summed E-state index contributed by atoms with van der Waals surface area (Å²) in [5, 5.41) is 10.9. The van der Waals surface area contributed by atoms with Crippen molar-refractivity contribution in [2.24, 2.45) is 5.73 Å². The number of nitrogens with zero attached hydrogens (tertiary/aromatic N) is 5. The minimum Gasteiger partial charge on any atom is -0.384 e. The van der Waals surface area contributed by atoms with Gasteiger partial charge in [0.25, 0.3) is 5.91 Å². The van der Waals surface area contributed by atoms with Gasteiger partial charge in [-0.15, -0.1) is 11.3 Å². The van der Waals surface area contributed by atoms with Crippen LogP contribution < -0.4 is 16.8 Å². The predicted octanol–water partition coefficient (Wildman–Crippen LogP) is 2.95. The first kappa shape index (κ1) is 24.0. The highest BCUT2D eigenvalue weighted by Gasteiger charge is 2.17. The van der Waals surface area contributed by atoms with Gasteiger partial charge in [0.05, 0.1) is 18.7 Å². The summed E-state index contributed by atoms with van der Waals surface area (Å²) in [6.07, 6.45) is 6.81. The quantitative estimate of drug-likeness (QED) is 0.253. The van der Waals surface area contributed by atoms with Gasteiger partial charge in [-0.2, -0.15) is 5.10 Å². The van der Waals surface area contributed by atoms with Crippen molar-refractivity contribution in [2.75, 3.05) is 24.3 Å². The number of rotatable bonds is 9. The lowest BCUT2D eigenvalue weighted by Gasteiger charge is -2.11. The molecule has 0 radical (unpaired) electrons. The van der Waals surface area contributed by atoms with Crippen LogP contribution in [0.15, 0.2) is 66.6 Å². The summed E-state index contributed by atoms with van der Waals surface area (Å²) in [6.45, 7) is 0.555. The number of hydrogen-bond donors (Lipinski definition) is 3. The SMILES string of the molecule is NC(=O)COCCn1cc2cc(NC(=O)c3csc(-c4ccncc4)n3)c(-c3ccnc(N)c3)cc2n1. The summed E-state index contributed by atoms with van der Waals surface area (Å²) in [5.74, 6) is -0.514. The standard InChI is InChI=1S/C25H22N8O3S/c26-22-10-16(3-6-29-22)18-11-19-17(12-33(32-19)7-8-36-13-23(27)34)9-20(18)30-24(35)21-14-37-25(31-21)15-1-4-28-5-2-15/h1-6,9-12,14H,7-8,13H2,(H2,26,29)(H2,27,34)(H,30,35). The van der Waals surface area contributed by atoms with Crippen molar-refractivity contribution in [2.45, 2.75) is 6.54 Å². The number of fused-ring (bicyclic) bond motifs is 1. The van der Waals surface area contributed by atoms with Crippen LogP contribution in [0.3, 0.4) is 0 Å². The van der Waals surface area contributed by atoms with Crippen LogP contribution in [0.4, 0.5) is 11.5 Å². The van der Waals surface area contributed by atoms with E-state index in [9.17, 15) is 9.59 Å². The molecule has 0 saturated carbocycles. The normalized spacial score (nSPS) is 11.0. The molecule has 4 heterocycles. The fourth-order valence-electron chi connectivity index (χ4n) is 3.72. The van der Waals surface area contributed by atoms with E-state index in [0.29, 0.717) is 29.3 Å². The average molecular weight is 515 g/mol. The van der Waals surface area contributed by atoms with E-state index < -0.39 is 5.91 Å². The third-order valence-corrected chi connectivity index (χ3v) is 6.30. The van der Waals surface area contributed by atoms with Crippen molar-refractivity contribution in [1.82, 2.24) is 24.7 Å². The number of benzene rings is 1. The topological polar surface area (TPSA) is 164 Å². The number of hydrogen-bond acceptors (Lipinski definition) is 9. The summed E-state index contributed by atoms with van der Waals surface area (Å²) >= 11 is 1.38. The molecule has 0 spiro atoms. The summed E-state index contributed by atoms with van der Waals surface area (Å²) in [6, 6.07) is 11.0. The Bertz CT molecular complexity index is 1580. The number of aromatic nitrogens is 5. The fraction of sp³-hybridized carbons (Fsp3) is 0.120. The highest BCUT2D eigenvalue weighted by molar-refractivity contribution is 7.13. The molecule has 37 heavy (non-hydrogen) atoms. The molecule has 0 fully saturated rings. The summed E-state index contributed by atoms with van der Waals surface area (Å²) in [5.41, 5.74) is 15.0. The summed E-state index contributed by atoms with van der Waals surface area (Å²) in [4.78, 5) is 36.6. The number of carbonyl (C=O) groups is 2. The van der Waals surface area contributed by atoms with Gasteiger partial charge < -0.3 is 21.5 Å². The zero-order valence-corrected chi connectivity index (χ0v) is 20.3. The first-order chi connectivity index (χ1) is 18.0. The highest BCUT2D eigenvalue weighted by Crippen LogP contribution is 2.33. The molecule has 0 aliphatic carbocycles. The van der Waals surface area contributed by atoms with Crippen molar-refractivity contribution >= 4 is 45.6 Å². The number of ether oxygens (including phenoxy) is 1. The van der Waals surface area contributed by atoms with Crippen LogP contribution in [0.2, 0.25) is 0 Å². The molecule has 5 N–H and O–H groups in total. The average Bonchev–Trinajstić information content (AvgIpc) is 3.54. The van der Waals surface area contributed by atoms with E-state index in [1.165, 1.54) is 11.3 Å². The van der Waals surface area contributed by atoms with Gasteiger partial charge >= 0.3 is 0 Å². The molecule has 5 rings (SSSR count). The molecule has 1 aromatic carbocycles. The number of pyridine rings is 2. The van der Waals surface area contributed by atoms with E-state index in [2.05, 4.69) is 25.4 Å². The lowest BCUT2D eigenvalue weighted by molar-refractivity contribution is -0.122. The molecule has 186 valence electrons. The molecule has 2 amide bonds. The third kappa shape index (κ3) is 5.60. The molecule has 0 aliphatic rings. The van der Waals surface area contributed by atoms with Gasteiger partial charge in [-0.1, -0.05) is 0 Å². The van der Waals surface area contributed by atoms with Crippen LogP contribution in [0.1, 0.15) is 10.5 Å². The zero-order valence-electron chi connectivity index (χ0n) is 19.5. The van der Waals surface area contributed by atoms with Gasteiger partial charge in [0.1, 0.15) is 23.1 Å². The number of amides is 2. The molecule has 0 aliphatic heterocycles. The van der Waals surface area contributed by atoms with Crippen molar-refractivity contribution in [1.29, 1.82) is 0 Å². The predicted molar refractivity (Wildman–Crippen MR) is 141 cm³/mol. The first-order valence-electron chi connectivity index (χ1n) is 11.2. The summed E-state index contributed by atoms with van der Waals surface area (Å²) in [7, 11) is 0. The fourth-order valence-corrected chi connectivity index (χ4v) is 4.52. The number of nitrogen functional groups attached to an aromatic ring is 1. The molecule has 11 nitrogen and oxygen atoms in total. The maximum atomic E-state index is 13.2. The number of anilines is 2. The number of thiazole rings is 1. The maximum absolute atomic E-state index is 13.2. The van der Waals surface area contributed by atoms with Crippen molar-refractivity contribution in [3.8, 4) is 21.7 Å². The van der Waals surface area contributed by atoms with Crippen molar-refractivity contribution in [3.05, 3.63) is 72.3 Å². The zero-order chi connectivity index (χ0) is 25.8. The van der Waals surface area contributed by atoms with Crippen LogP contribution in [0.25, 0.3) is 32.6 Å². The van der Waals surface area contributed by atoms with Crippen LogP contribution in [-0.4, -0.2) is 49.8 Å². The Hall–Kier alpha value is -4.68. The minimum atomic E-state index is -0.528. The molecule has 12 heteroatoms. The monoisotopic (exact) mass is 514 g/mol. The van der Waals surface area contributed by atoms with Crippen LogP contribution in [0, 0.1) is 0 Å². The Morgan fingerprint density at radius 3 is 2.68 bits per heavy atom. The van der Waals surface area contributed by atoms with Crippen LogP contribution in [-0.2, 0) is 16.1 Å². The lowest BCUT2D eigenvalue weighted by atomic mass is 10.0. The second-order valence-corrected chi connectivity index (χ2v) is 8.92. The second-order valence-electron chi connectivity index (χ2n) is 8.06. The molecule has 0 atom stereocenters. The van der Waals surface area contributed by atoms with Crippen molar-refractivity contribution < 1.29 is 14.3 Å². The molecular weight excluding hydrogens is 492 g/mol. The molecule has 5 aromatic rings. The van der Waals surface area contributed by atoms with E-state index in [1.807, 2.05) is 36.5 Å². The van der Waals surface area contributed by atoms with E-state index in [4.69, 9.17) is 16.2 Å². The Balaban J connectivity index is 1.45. The molecule has 0 unspecified atom stereocenters. The number of carbonyl (C=O) groups excluding carboxylic acids is 2. The lowest BCUT2D eigenvalue weighted by Crippen LogP contribution is -2.19. The van der Waals surface area contributed by atoms with Gasteiger partial charge in [0.2, 0.25) is 5.91 Å². The highest BCUT2D eigenvalue weighted by atomic mass is 32.1. The summed E-state index contributed by atoms with van der Waals surface area (Å²) < 4.78 is 6.95. The van der Waals surface area contributed by atoms with E-state index >= 15 is 0 Å². The van der Waals surface area contributed by atoms with Crippen LogP contribution >= 0.6 is 11.3 Å². The van der Waals surface area contributed by atoms with E-state index in [0.717, 1.165) is 27.1 Å². The molecule has 0 bridgehead atoms. The van der Waals surface area contributed by atoms with Gasteiger partial charge in [-0.25, -0.2) is 9.97 Å². The van der Waals surface area contributed by atoms with Gasteiger partial charge in [-0.3, -0.25) is 19.3 Å². The van der Waals surface area contributed by atoms with Gasteiger partial charge in [0, 0.05) is 52.4 Å². The molecular formula is C25H22N8O3S.